The van der Waals surface area contributed by atoms with Crippen molar-refractivity contribution in [2.24, 2.45) is 0 Å². The maximum absolute atomic E-state index is 12.6. The second-order valence-electron chi connectivity index (χ2n) is 6.63. The van der Waals surface area contributed by atoms with Gasteiger partial charge in [-0.05, 0) is 43.9 Å². The third kappa shape index (κ3) is 3.85. The Hall–Kier alpha value is -1.93. The van der Waals surface area contributed by atoms with Gasteiger partial charge in [0.2, 0.25) is 10.0 Å². The molecular weight excluding hydrogens is 344 g/mol. The second kappa shape index (κ2) is 7.13. The van der Waals surface area contributed by atoms with Gasteiger partial charge in [-0.3, -0.25) is 4.79 Å². The normalized spacial score (nSPS) is 21.6. The Balaban J connectivity index is 1.81. The third-order valence-electron chi connectivity index (χ3n) is 4.87. The number of carboxylic acid groups (broad SMARTS) is 1. The van der Waals surface area contributed by atoms with Gasteiger partial charge in [-0.1, -0.05) is 18.9 Å². The molecule has 2 aliphatic rings. The largest absolute Gasteiger partial charge is 0.480 e. The molecule has 1 aliphatic carbocycles. The molecule has 1 amide bonds. The minimum Gasteiger partial charge on any atom is -0.480 e. The summed E-state index contributed by atoms with van der Waals surface area (Å²) in [4.78, 5) is 25.2. The van der Waals surface area contributed by atoms with Crippen molar-refractivity contribution in [3.63, 3.8) is 0 Å². The van der Waals surface area contributed by atoms with Crippen LogP contribution in [0, 0.1) is 0 Å². The predicted octanol–water partition coefficient (Wildman–Crippen LogP) is 1.60. The van der Waals surface area contributed by atoms with Crippen molar-refractivity contribution in [1.29, 1.82) is 0 Å². The number of rotatable bonds is 5. The molecule has 136 valence electrons. The van der Waals surface area contributed by atoms with E-state index in [-0.39, 0.29) is 16.5 Å². The van der Waals surface area contributed by atoms with Crippen molar-refractivity contribution in [3.05, 3.63) is 29.8 Å². The highest BCUT2D eigenvalue weighted by atomic mass is 32.2. The molecule has 8 heteroatoms. The molecule has 1 atom stereocenters. The van der Waals surface area contributed by atoms with Gasteiger partial charge in [-0.2, -0.15) is 0 Å². The summed E-state index contributed by atoms with van der Waals surface area (Å²) in [5.74, 6) is -1.47. The molecule has 0 bridgehead atoms. The standard InChI is InChI=1S/C17H22N2O5S/c20-16(19-10-4-9-15(19)17(21)22)12-5-3-8-14(11-12)25(23,24)18-13-6-1-2-7-13/h3,5,8,11,13,15,18H,1-2,4,6-7,9-10H2,(H,21,22)/t15-/m0/s1. The monoisotopic (exact) mass is 366 g/mol. The highest BCUT2D eigenvalue weighted by Gasteiger charge is 2.34. The Bertz CT molecular complexity index is 771. The van der Waals surface area contributed by atoms with Crippen LogP contribution in [0.25, 0.3) is 0 Å². The first kappa shape index (κ1) is 17.9. The summed E-state index contributed by atoms with van der Waals surface area (Å²) in [6, 6.07) is 4.92. The van der Waals surface area contributed by atoms with Crippen LogP contribution in [0.1, 0.15) is 48.9 Å². The van der Waals surface area contributed by atoms with E-state index in [1.165, 1.54) is 29.2 Å². The van der Waals surface area contributed by atoms with Gasteiger partial charge in [-0.25, -0.2) is 17.9 Å². The fraction of sp³-hybridized carbons (Fsp3) is 0.529. The van der Waals surface area contributed by atoms with Crippen molar-refractivity contribution in [3.8, 4) is 0 Å². The first-order valence-corrected chi connectivity index (χ1v) is 10.0. The van der Waals surface area contributed by atoms with Gasteiger partial charge in [0.25, 0.3) is 5.91 Å². The zero-order valence-electron chi connectivity index (χ0n) is 13.8. The lowest BCUT2D eigenvalue weighted by molar-refractivity contribution is -0.141. The highest BCUT2D eigenvalue weighted by Crippen LogP contribution is 2.23. The Morgan fingerprint density at radius 2 is 1.84 bits per heavy atom. The van der Waals surface area contributed by atoms with Crippen molar-refractivity contribution in [2.75, 3.05) is 6.54 Å². The fourth-order valence-electron chi connectivity index (χ4n) is 3.56. The lowest BCUT2D eigenvalue weighted by Crippen LogP contribution is -2.40. The van der Waals surface area contributed by atoms with E-state index in [2.05, 4.69) is 4.72 Å². The van der Waals surface area contributed by atoms with Crippen LogP contribution in [0.3, 0.4) is 0 Å². The summed E-state index contributed by atoms with van der Waals surface area (Å²) in [7, 11) is -3.69. The molecule has 2 N–H and O–H groups in total. The van der Waals surface area contributed by atoms with E-state index < -0.39 is 27.9 Å². The molecule has 1 saturated heterocycles. The van der Waals surface area contributed by atoms with E-state index in [1.54, 1.807) is 0 Å². The summed E-state index contributed by atoms with van der Waals surface area (Å²) in [5.41, 5.74) is 0.197. The first-order valence-electron chi connectivity index (χ1n) is 8.54. The zero-order valence-corrected chi connectivity index (χ0v) is 14.7. The topological polar surface area (TPSA) is 104 Å². The van der Waals surface area contributed by atoms with E-state index in [9.17, 15) is 23.1 Å². The van der Waals surface area contributed by atoms with Gasteiger partial charge in [-0.15, -0.1) is 0 Å². The Morgan fingerprint density at radius 3 is 2.52 bits per heavy atom. The van der Waals surface area contributed by atoms with Crippen LogP contribution >= 0.6 is 0 Å². The molecule has 1 aromatic carbocycles. The summed E-state index contributed by atoms with van der Waals surface area (Å²) < 4.78 is 27.7. The van der Waals surface area contributed by atoms with Gasteiger partial charge in [0, 0.05) is 18.2 Å². The molecule has 0 spiro atoms. The van der Waals surface area contributed by atoms with Crippen molar-refractivity contribution in [1.82, 2.24) is 9.62 Å². The van der Waals surface area contributed by atoms with Gasteiger partial charge in [0.1, 0.15) is 6.04 Å². The van der Waals surface area contributed by atoms with E-state index in [0.29, 0.717) is 19.4 Å². The lowest BCUT2D eigenvalue weighted by Gasteiger charge is -2.21. The van der Waals surface area contributed by atoms with E-state index >= 15 is 0 Å². The lowest BCUT2D eigenvalue weighted by atomic mass is 10.1. The van der Waals surface area contributed by atoms with Gasteiger partial charge in [0.15, 0.2) is 0 Å². The molecule has 7 nitrogen and oxygen atoms in total. The van der Waals surface area contributed by atoms with Crippen LogP contribution in [0.15, 0.2) is 29.2 Å². The Kier molecular flexibility index (Phi) is 5.10. The molecular formula is C17H22N2O5S. The Morgan fingerprint density at radius 1 is 1.12 bits per heavy atom. The van der Waals surface area contributed by atoms with Crippen LogP contribution < -0.4 is 4.72 Å². The SMILES string of the molecule is O=C(O)[C@@H]1CCCN1C(=O)c1cccc(S(=O)(=O)NC2CCCC2)c1. The number of carbonyl (C=O) groups excluding carboxylic acids is 1. The number of carbonyl (C=O) groups is 2. The summed E-state index contributed by atoms with van der Waals surface area (Å²) in [6.07, 6.45) is 4.72. The minimum atomic E-state index is -3.69. The number of amides is 1. The van der Waals surface area contributed by atoms with Crippen LogP contribution in [0.2, 0.25) is 0 Å². The molecule has 3 rings (SSSR count). The number of hydrogen-bond donors (Lipinski definition) is 2. The van der Waals surface area contributed by atoms with Crippen LogP contribution in [-0.2, 0) is 14.8 Å². The second-order valence-corrected chi connectivity index (χ2v) is 8.34. The van der Waals surface area contributed by atoms with Crippen molar-refractivity contribution in [2.45, 2.75) is 55.5 Å². The van der Waals surface area contributed by atoms with Crippen LogP contribution in [0.4, 0.5) is 0 Å². The number of aliphatic carboxylic acids is 1. The molecule has 1 saturated carbocycles. The van der Waals surface area contributed by atoms with E-state index in [4.69, 9.17) is 0 Å². The zero-order chi connectivity index (χ0) is 18.0. The minimum absolute atomic E-state index is 0.0383. The molecule has 2 fully saturated rings. The summed E-state index contributed by atoms with van der Waals surface area (Å²) in [5, 5.41) is 9.22. The number of nitrogens with one attached hydrogen (secondary N) is 1. The summed E-state index contributed by atoms with van der Waals surface area (Å²) in [6.45, 7) is 0.368. The molecule has 0 radical (unpaired) electrons. The number of likely N-dealkylation sites (tertiary alicyclic amines) is 1. The van der Waals surface area contributed by atoms with Gasteiger partial charge < -0.3 is 10.0 Å². The number of nitrogens with zero attached hydrogens (tertiary/aromatic N) is 1. The smallest absolute Gasteiger partial charge is 0.326 e. The van der Waals surface area contributed by atoms with E-state index in [0.717, 1.165) is 25.7 Å². The number of hydrogen-bond acceptors (Lipinski definition) is 4. The Labute approximate surface area is 147 Å². The molecule has 25 heavy (non-hydrogen) atoms. The maximum atomic E-state index is 12.6. The number of sulfonamides is 1. The van der Waals surface area contributed by atoms with Crippen LogP contribution in [-0.4, -0.2) is 48.9 Å². The molecule has 1 heterocycles. The predicted molar refractivity (Wildman–Crippen MR) is 90.7 cm³/mol. The van der Waals surface area contributed by atoms with Gasteiger partial charge >= 0.3 is 5.97 Å². The number of carboxylic acids is 1. The molecule has 1 aliphatic heterocycles. The van der Waals surface area contributed by atoms with E-state index in [1.807, 2.05) is 0 Å². The van der Waals surface area contributed by atoms with Crippen molar-refractivity contribution < 1.29 is 23.1 Å². The average Bonchev–Trinajstić information content (AvgIpc) is 3.25. The quantitative estimate of drug-likeness (QED) is 0.824. The fourth-order valence-corrected chi connectivity index (χ4v) is 4.91. The molecule has 0 unspecified atom stereocenters. The summed E-state index contributed by atoms with van der Waals surface area (Å²) >= 11 is 0. The third-order valence-corrected chi connectivity index (χ3v) is 6.39. The number of benzene rings is 1. The highest BCUT2D eigenvalue weighted by molar-refractivity contribution is 7.89. The average molecular weight is 366 g/mol. The molecule has 0 aromatic heterocycles. The maximum Gasteiger partial charge on any atom is 0.326 e. The molecule has 1 aromatic rings. The van der Waals surface area contributed by atoms with Crippen molar-refractivity contribution >= 4 is 21.9 Å². The van der Waals surface area contributed by atoms with Crippen LogP contribution in [0.5, 0.6) is 0 Å². The van der Waals surface area contributed by atoms with Gasteiger partial charge in [0.05, 0.1) is 4.90 Å². The first-order chi connectivity index (χ1) is 11.9.